The highest BCUT2D eigenvalue weighted by atomic mass is 19.4. The molecule has 1 amide bonds. The lowest BCUT2D eigenvalue weighted by Crippen LogP contribution is -2.58. The largest absolute Gasteiger partial charge is 0.416 e. The summed E-state index contributed by atoms with van der Waals surface area (Å²) in [5.41, 5.74) is -0.633. The second-order valence-electron chi connectivity index (χ2n) is 7.85. The van der Waals surface area contributed by atoms with Crippen LogP contribution < -0.4 is 15.5 Å². The van der Waals surface area contributed by atoms with Gasteiger partial charge in [0.05, 0.1) is 30.9 Å². The van der Waals surface area contributed by atoms with Crippen molar-refractivity contribution in [2.45, 2.75) is 30.5 Å². The molecule has 0 unspecified atom stereocenters. The molecular formula is C20H20F4N6O2. The fraction of sp³-hybridized carbons (Fsp3) is 0.500. The fourth-order valence-electron chi connectivity index (χ4n) is 3.89. The average Bonchev–Trinajstić information content (AvgIpc) is 3.22. The number of nitrogens with one attached hydrogen (secondary N) is 2. The van der Waals surface area contributed by atoms with Crippen LogP contribution in [0.5, 0.6) is 0 Å². The first-order chi connectivity index (χ1) is 15.2. The van der Waals surface area contributed by atoms with Crippen LogP contribution in [0, 0.1) is 11.3 Å². The maximum atomic E-state index is 14.5. The summed E-state index contributed by atoms with van der Waals surface area (Å²) in [6.45, 7) is -0.564. The van der Waals surface area contributed by atoms with Gasteiger partial charge >= 0.3 is 6.18 Å². The van der Waals surface area contributed by atoms with Crippen molar-refractivity contribution in [3.05, 3.63) is 30.1 Å². The first kappa shape index (κ1) is 22.2. The number of anilines is 1. The van der Waals surface area contributed by atoms with Crippen molar-refractivity contribution in [2.75, 3.05) is 37.6 Å². The Kier molecular flexibility index (Phi) is 5.87. The highest BCUT2D eigenvalue weighted by Crippen LogP contribution is 2.33. The second-order valence-corrected chi connectivity index (χ2v) is 7.85. The standard InChI is InChI=1S/C20H20F4N6O2/c21-19(3-4-26-10-19)11-29-18(31)14-8-30(9-15(32-14)20(22,23)24)13-2-1-12(7-25)16-17(13)28-6-5-27-16/h1-2,5-6,14-15,26H,3-4,8-11H2,(H,29,31)/t14-,15+,19+/m1/s1. The Morgan fingerprint density at radius 1 is 1.31 bits per heavy atom. The minimum Gasteiger partial charge on any atom is -0.364 e. The van der Waals surface area contributed by atoms with Crippen LogP contribution in [0.2, 0.25) is 0 Å². The Morgan fingerprint density at radius 3 is 2.72 bits per heavy atom. The normalized spacial score (nSPS) is 26.2. The van der Waals surface area contributed by atoms with Crippen LogP contribution in [0.4, 0.5) is 23.2 Å². The Labute approximate surface area is 180 Å². The molecule has 0 radical (unpaired) electrons. The monoisotopic (exact) mass is 452 g/mol. The molecule has 4 rings (SSSR count). The number of ether oxygens (including phenoxy) is 1. The van der Waals surface area contributed by atoms with Gasteiger partial charge in [-0.2, -0.15) is 18.4 Å². The van der Waals surface area contributed by atoms with E-state index in [0.717, 1.165) is 0 Å². The zero-order valence-electron chi connectivity index (χ0n) is 16.8. The van der Waals surface area contributed by atoms with Gasteiger partial charge in [0.25, 0.3) is 5.91 Å². The predicted octanol–water partition coefficient (Wildman–Crippen LogP) is 1.46. The van der Waals surface area contributed by atoms with Crippen molar-refractivity contribution < 1.29 is 27.1 Å². The first-order valence-corrected chi connectivity index (χ1v) is 9.98. The van der Waals surface area contributed by atoms with Crippen LogP contribution in [0.15, 0.2) is 24.5 Å². The number of rotatable bonds is 4. The molecule has 8 nitrogen and oxygen atoms in total. The number of benzene rings is 1. The molecule has 0 spiro atoms. The molecule has 1 aromatic carbocycles. The molecule has 0 saturated carbocycles. The summed E-state index contributed by atoms with van der Waals surface area (Å²) < 4.78 is 60.3. The molecule has 2 N–H and O–H groups in total. The van der Waals surface area contributed by atoms with Crippen molar-refractivity contribution in [1.29, 1.82) is 5.26 Å². The van der Waals surface area contributed by atoms with Crippen molar-refractivity contribution >= 4 is 22.6 Å². The third kappa shape index (κ3) is 4.44. The smallest absolute Gasteiger partial charge is 0.364 e. The van der Waals surface area contributed by atoms with E-state index >= 15 is 0 Å². The lowest BCUT2D eigenvalue weighted by atomic mass is 10.1. The third-order valence-corrected chi connectivity index (χ3v) is 5.59. The van der Waals surface area contributed by atoms with Gasteiger partial charge in [0.15, 0.2) is 12.2 Å². The molecule has 2 aliphatic rings. The van der Waals surface area contributed by atoms with Crippen LogP contribution in [-0.2, 0) is 9.53 Å². The molecule has 2 aromatic rings. The Hall–Kier alpha value is -3.04. The van der Waals surface area contributed by atoms with E-state index in [1.807, 2.05) is 6.07 Å². The van der Waals surface area contributed by atoms with Gasteiger partial charge in [-0.15, -0.1) is 0 Å². The minimum atomic E-state index is -4.72. The summed E-state index contributed by atoms with van der Waals surface area (Å²) >= 11 is 0. The van der Waals surface area contributed by atoms with E-state index in [1.54, 1.807) is 0 Å². The molecule has 1 aromatic heterocycles. The Bertz CT molecular complexity index is 1050. The number of aromatic nitrogens is 2. The average molecular weight is 452 g/mol. The maximum Gasteiger partial charge on any atom is 0.416 e. The van der Waals surface area contributed by atoms with Gasteiger partial charge in [-0.25, -0.2) is 4.39 Å². The molecule has 2 fully saturated rings. The fourth-order valence-corrected chi connectivity index (χ4v) is 3.89. The molecule has 32 heavy (non-hydrogen) atoms. The second kappa shape index (κ2) is 8.48. The molecule has 2 saturated heterocycles. The number of carbonyl (C=O) groups is 1. The van der Waals surface area contributed by atoms with Crippen LogP contribution in [0.3, 0.4) is 0 Å². The van der Waals surface area contributed by atoms with E-state index in [2.05, 4.69) is 20.6 Å². The van der Waals surface area contributed by atoms with E-state index in [4.69, 9.17) is 4.74 Å². The number of carbonyl (C=O) groups excluding carboxylic acids is 1. The lowest BCUT2D eigenvalue weighted by molar-refractivity contribution is -0.234. The highest BCUT2D eigenvalue weighted by molar-refractivity contribution is 5.92. The van der Waals surface area contributed by atoms with Crippen LogP contribution in [0.1, 0.15) is 12.0 Å². The van der Waals surface area contributed by atoms with Gasteiger partial charge in [-0.05, 0) is 25.1 Å². The van der Waals surface area contributed by atoms with Gasteiger partial charge in [0.1, 0.15) is 22.8 Å². The summed E-state index contributed by atoms with van der Waals surface area (Å²) in [6, 6.07) is 4.90. The summed E-state index contributed by atoms with van der Waals surface area (Å²) in [4.78, 5) is 22.3. The van der Waals surface area contributed by atoms with E-state index in [1.165, 1.54) is 29.4 Å². The van der Waals surface area contributed by atoms with E-state index in [0.29, 0.717) is 12.2 Å². The lowest BCUT2D eigenvalue weighted by Gasteiger charge is -2.39. The quantitative estimate of drug-likeness (QED) is 0.677. The molecule has 170 valence electrons. The minimum absolute atomic E-state index is 0.0615. The van der Waals surface area contributed by atoms with Crippen molar-refractivity contribution in [1.82, 2.24) is 20.6 Å². The number of nitrogens with zero attached hydrogens (tertiary/aromatic N) is 4. The number of nitriles is 1. The zero-order chi connectivity index (χ0) is 22.9. The highest BCUT2D eigenvalue weighted by Gasteiger charge is 2.48. The predicted molar refractivity (Wildman–Crippen MR) is 106 cm³/mol. The van der Waals surface area contributed by atoms with Gasteiger partial charge < -0.3 is 20.3 Å². The summed E-state index contributed by atoms with van der Waals surface area (Å²) in [5.74, 6) is -0.822. The van der Waals surface area contributed by atoms with Gasteiger partial charge in [-0.1, -0.05) is 0 Å². The first-order valence-electron chi connectivity index (χ1n) is 9.98. The van der Waals surface area contributed by atoms with Gasteiger partial charge in [0, 0.05) is 18.9 Å². The molecular weight excluding hydrogens is 432 g/mol. The number of halogens is 4. The summed E-state index contributed by atoms with van der Waals surface area (Å²) in [6.07, 6.45) is -5.48. The van der Waals surface area contributed by atoms with Crippen molar-refractivity contribution in [3.8, 4) is 6.07 Å². The molecule has 3 atom stereocenters. The maximum absolute atomic E-state index is 14.5. The number of fused-ring (bicyclic) bond motifs is 1. The van der Waals surface area contributed by atoms with Crippen molar-refractivity contribution in [3.63, 3.8) is 0 Å². The van der Waals surface area contributed by atoms with E-state index < -0.39 is 36.5 Å². The number of amides is 1. The number of morpholine rings is 1. The zero-order valence-corrected chi connectivity index (χ0v) is 16.8. The van der Waals surface area contributed by atoms with Crippen LogP contribution >= 0.6 is 0 Å². The van der Waals surface area contributed by atoms with E-state index in [-0.39, 0.29) is 42.7 Å². The molecule has 3 heterocycles. The van der Waals surface area contributed by atoms with E-state index in [9.17, 15) is 27.6 Å². The van der Waals surface area contributed by atoms with Crippen molar-refractivity contribution in [2.24, 2.45) is 0 Å². The third-order valence-electron chi connectivity index (χ3n) is 5.59. The number of alkyl halides is 4. The summed E-state index contributed by atoms with van der Waals surface area (Å²) in [5, 5.41) is 14.5. The Balaban J connectivity index is 1.61. The topological polar surface area (TPSA) is 103 Å². The summed E-state index contributed by atoms with van der Waals surface area (Å²) in [7, 11) is 0. The SMILES string of the molecule is N#Cc1ccc(N2C[C@@H](C(F)(F)F)O[C@@H](C(=O)NC[C@]3(F)CCNC3)C2)c2nccnc12. The Morgan fingerprint density at radius 2 is 2.06 bits per heavy atom. The van der Waals surface area contributed by atoms with Crippen LogP contribution in [-0.4, -0.2) is 72.7 Å². The molecule has 12 heteroatoms. The molecule has 2 aliphatic heterocycles. The molecule has 0 aliphatic carbocycles. The number of hydrogen-bond donors (Lipinski definition) is 2. The number of hydrogen-bond acceptors (Lipinski definition) is 7. The van der Waals surface area contributed by atoms with Gasteiger partial charge in [-0.3, -0.25) is 14.8 Å². The van der Waals surface area contributed by atoms with Gasteiger partial charge in [0.2, 0.25) is 0 Å². The molecule has 0 bridgehead atoms. The van der Waals surface area contributed by atoms with Crippen LogP contribution in [0.25, 0.3) is 11.0 Å².